The van der Waals surface area contributed by atoms with E-state index in [0.29, 0.717) is 0 Å². The van der Waals surface area contributed by atoms with Gasteiger partial charge in [0, 0.05) is 6.54 Å². The maximum absolute atomic E-state index is 10.3. The summed E-state index contributed by atoms with van der Waals surface area (Å²) in [6, 6.07) is -0.177. The number of amides is 2. The van der Waals surface area contributed by atoms with Gasteiger partial charge in [-0.05, 0) is 18.8 Å². The van der Waals surface area contributed by atoms with Crippen LogP contribution >= 0.6 is 0 Å². The third kappa shape index (κ3) is 7.43. The van der Waals surface area contributed by atoms with Crippen LogP contribution in [0, 0.1) is 5.92 Å². The Morgan fingerprint density at radius 2 is 2.20 bits per heavy atom. The van der Waals surface area contributed by atoms with E-state index in [1.54, 1.807) is 0 Å². The molecule has 0 bridgehead atoms. The van der Waals surface area contributed by atoms with Crippen molar-refractivity contribution in [1.82, 2.24) is 5.32 Å². The second-order valence-corrected chi connectivity index (χ2v) is 2.89. The number of hydrogen-bond donors (Lipinski definition) is 2. The van der Waals surface area contributed by atoms with Gasteiger partial charge in [-0.1, -0.05) is 13.8 Å². The zero-order valence-electron chi connectivity index (χ0n) is 6.81. The third-order valence-electron chi connectivity index (χ3n) is 1.28. The molecule has 3 heteroatoms. The van der Waals surface area contributed by atoms with E-state index >= 15 is 0 Å². The molecule has 0 spiro atoms. The first-order chi connectivity index (χ1) is 4.63. The first-order valence-electron chi connectivity index (χ1n) is 3.72. The Hall–Kier alpha value is -0.570. The fourth-order valence-electron chi connectivity index (χ4n) is 0.738. The van der Waals surface area contributed by atoms with Gasteiger partial charge in [0.05, 0.1) is 0 Å². The highest BCUT2D eigenvalue weighted by atomic mass is 16.2. The number of carbonyl (C=O) groups is 1. The molecule has 0 saturated heterocycles. The smallest absolute Gasteiger partial charge is 0.306 e. The molecule has 2 amide bonds. The van der Waals surface area contributed by atoms with Crippen molar-refractivity contribution in [2.24, 2.45) is 5.92 Å². The minimum absolute atomic E-state index is 0.177. The van der Waals surface area contributed by atoms with Crippen LogP contribution in [0.25, 0.3) is 0 Å². The number of nitrogens with one attached hydrogen (secondary N) is 1. The predicted octanol–water partition coefficient (Wildman–Crippen LogP) is 0.374. The van der Waals surface area contributed by atoms with Gasteiger partial charge in [0.2, 0.25) is 0 Å². The van der Waals surface area contributed by atoms with Crippen molar-refractivity contribution in [3.63, 3.8) is 0 Å². The van der Waals surface area contributed by atoms with Crippen molar-refractivity contribution in [3.8, 4) is 0 Å². The molecule has 0 aromatic carbocycles. The van der Waals surface area contributed by atoms with Crippen molar-refractivity contribution in [2.75, 3.05) is 6.54 Å². The molecule has 0 heterocycles. The van der Waals surface area contributed by atoms with Gasteiger partial charge in [-0.2, -0.15) is 0 Å². The van der Waals surface area contributed by atoms with E-state index in [4.69, 9.17) is 0 Å². The van der Waals surface area contributed by atoms with E-state index in [1.165, 1.54) is 6.42 Å². The third-order valence-corrected chi connectivity index (χ3v) is 1.28. The van der Waals surface area contributed by atoms with E-state index in [1.807, 2.05) is 0 Å². The Morgan fingerprint density at radius 3 is 2.60 bits per heavy atom. The molecule has 0 unspecified atom stereocenters. The van der Waals surface area contributed by atoms with E-state index in [-0.39, 0.29) is 6.03 Å². The van der Waals surface area contributed by atoms with E-state index < -0.39 is 0 Å². The standard InChI is InChI=1S/C7H16N2O/c1-6(2)4-3-5-9-7(8)10/h6H,3-5H2,1-2H3,(H3,8,9,10)/p+1. The minimum Gasteiger partial charge on any atom is -0.306 e. The molecule has 0 atom stereocenters. The molecule has 0 aromatic rings. The summed E-state index contributed by atoms with van der Waals surface area (Å²) in [5.41, 5.74) is 3.21. The Kier molecular flexibility index (Phi) is 4.94. The summed E-state index contributed by atoms with van der Waals surface area (Å²) in [5.74, 6) is 0.724. The van der Waals surface area contributed by atoms with Crippen molar-refractivity contribution in [2.45, 2.75) is 26.7 Å². The second-order valence-electron chi connectivity index (χ2n) is 2.89. The van der Waals surface area contributed by atoms with Crippen LogP contribution in [0.4, 0.5) is 4.79 Å². The molecule has 0 aliphatic heterocycles. The van der Waals surface area contributed by atoms with Crippen molar-refractivity contribution >= 4 is 6.03 Å². The quantitative estimate of drug-likeness (QED) is 0.552. The number of hydrogen-bond acceptors (Lipinski definition) is 1. The average molecular weight is 145 g/mol. The summed E-state index contributed by atoms with van der Waals surface area (Å²) >= 11 is 0. The van der Waals surface area contributed by atoms with Crippen LogP contribution in [0.1, 0.15) is 26.7 Å². The van der Waals surface area contributed by atoms with Gasteiger partial charge < -0.3 is 5.32 Å². The molecule has 3 nitrogen and oxygen atoms in total. The Morgan fingerprint density at radius 1 is 1.60 bits per heavy atom. The maximum atomic E-state index is 10.3. The van der Waals surface area contributed by atoms with Gasteiger partial charge in [-0.25, -0.2) is 4.79 Å². The average Bonchev–Trinajstić information content (AvgIpc) is 1.79. The molecule has 0 aliphatic rings. The summed E-state index contributed by atoms with van der Waals surface area (Å²) < 4.78 is 0. The van der Waals surface area contributed by atoms with E-state index in [9.17, 15) is 4.79 Å². The molecule has 0 rings (SSSR count). The molecule has 0 aliphatic carbocycles. The summed E-state index contributed by atoms with van der Waals surface area (Å²) in [7, 11) is 0. The van der Waals surface area contributed by atoms with Gasteiger partial charge in [-0.15, -0.1) is 0 Å². The Bertz CT molecular complexity index is 102. The zero-order valence-corrected chi connectivity index (χ0v) is 6.81. The molecular weight excluding hydrogens is 128 g/mol. The van der Waals surface area contributed by atoms with Crippen LogP contribution < -0.4 is 11.1 Å². The fraction of sp³-hybridized carbons (Fsp3) is 0.857. The molecule has 60 valence electrons. The van der Waals surface area contributed by atoms with Crippen LogP contribution in [0.3, 0.4) is 0 Å². The lowest BCUT2D eigenvalue weighted by Gasteiger charge is -2.02. The highest BCUT2D eigenvalue weighted by Crippen LogP contribution is 2.01. The molecule has 10 heavy (non-hydrogen) atoms. The summed E-state index contributed by atoms with van der Waals surface area (Å²) in [4.78, 5) is 10.3. The van der Waals surface area contributed by atoms with Crippen LogP contribution in [-0.2, 0) is 0 Å². The largest absolute Gasteiger partial charge is 0.411 e. The lowest BCUT2D eigenvalue weighted by molar-refractivity contribution is -0.250. The van der Waals surface area contributed by atoms with Gasteiger partial charge in [0.15, 0.2) is 0 Å². The summed E-state index contributed by atoms with van der Waals surface area (Å²) in [6.45, 7) is 5.11. The number of carbonyl (C=O) groups excluding carboxylic acids is 1. The van der Waals surface area contributed by atoms with Crippen LogP contribution in [0.5, 0.6) is 0 Å². The van der Waals surface area contributed by atoms with E-state index in [0.717, 1.165) is 18.9 Å². The Balaban J connectivity index is 2.98. The lowest BCUT2D eigenvalue weighted by Crippen LogP contribution is -2.63. The normalized spacial score (nSPS) is 10.0. The topological polar surface area (TPSA) is 56.7 Å². The highest BCUT2D eigenvalue weighted by Gasteiger charge is 1.96. The first-order valence-corrected chi connectivity index (χ1v) is 3.72. The van der Waals surface area contributed by atoms with Crippen LogP contribution in [0.2, 0.25) is 0 Å². The maximum Gasteiger partial charge on any atom is 0.411 e. The number of urea groups is 1. The molecule has 0 fully saturated rings. The molecule has 0 saturated carbocycles. The van der Waals surface area contributed by atoms with Gasteiger partial charge in [-0.3, -0.25) is 5.73 Å². The van der Waals surface area contributed by atoms with Gasteiger partial charge in [0.25, 0.3) is 0 Å². The molecular formula is C7H17N2O+. The molecule has 0 radical (unpaired) electrons. The van der Waals surface area contributed by atoms with Gasteiger partial charge in [0.1, 0.15) is 0 Å². The first kappa shape index (κ1) is 9.43. The van der Waals surface area contributed by atoms with Crippen LogP contribution in [0.15, 0.2) is 0 Å². The number of rotatable bonds is 4. The monoisotopic (exact) mass is 145 g/mol. The summed E-state index contributed by atoms with van der Waals surface area (Å²) in [6.07, 6.45) is 2.22. The molecule has 4 N–H and O–H groups in total. The Labute approximate surface area is 62.0 Å². The van der Waals surface area contributed by atoms with Crippen LogP contribution in [-0.4, -0.2) is 12.6 Å². The lowest BCUT2D eigenvalue weighted by atomic mass is 10.1. The SMILES string of the molecule is CC(C)CCCNC([NH3+])=O. The summed E-state index contributed by atoms with van der Waals surface area (Å²) in [5, 5.41) is 2.65. The van der Waals surface area contributed by atoms with Crippen molar-refractivity contribution < 1.29 is 10.5 Å². The second kappa shape index (κ2) is 5.23. The predicted molar refractivity (Wildman–Crippen MR) is 40.4 cm³/mol. The fourth-order valence-corrected chi connectivity index (χ4v) is 0.738. The van der Waals surface area contributed by atoms with Gasteiger partial charge >= 0.3 is 6.03 Å². The molecule has 0 aromatic heterocycles. The van der Waals surface area contributed by atoms with E-state index in [2.05, 4.69) is 24.9 Å². The minimum atomic E-state index is -0.177. The van der Waals surface area contributed by atoms with Crippen molar-refractivity contribution in [1.29, 1.82) is 0 Å². The zero-order chi connectivity index (χ0) is 7.98. The van der Waals surface area contributed by atoms with Crippen molar-refractivity contribution in [3.05, 3.63) is 0 Å². The highest BCUT2D eigenvalue weighted by molar-refractivity contribution is 5.61. The number of quaternary nitrogens is 1.